The third-order valence-electron chi connectivity index (χ3n) is 21.8. The molecule has 0 radical (unpaired) electrons. The molecule has 124 heavy (non-hydrogen) atoms. The molecule has 31 heteroatoms. The SMILES string of the molecule is Cc1sc2c(c1C)C(c1ccc(Cl)cc1)=N[C@@H](CC(=O)CCCOCCOCCOCCOCCOCCOCCC(=O)CCCCN(C)CCCCC(=O)CCCC(=O)c1nc(CC(=O)CCCC(=O)c3cc(CC(=O)c4nc(CC(=O)CCCC(=O)c5cc(CC(=O)c6nccn6C(C)C)cn5C)cn4C(C)C)cn3C)cn1C(C)C)c1nnc(C)n1-2. The molecule has 0 spiro atoms. The average Bonchev–Trinajstić information content (AvgIpc) is 1.59. The highest BCUT2D eigenvalue weighted by Gasteiger charge is 2.33. The molecule has 29 nitrogen and oxygen atoms in total. The Morgan fingerprint density at radius 3 is 1.42 bits per heavy atom. The van der Waals surface area contributed by atoms with Gasteiger partial charge in [0.1, 0.15) is 45.8 Å². The number of nitrogens with zero attached hydrogens (tertiary/aromatic N) is 13. The third-order valence-corrected chi connectivity index (χ3v) is 23.3. The van der Waals surface area contributed by atoms with Crippen molar-refractivity contribution < 1.29 is 76.4 Å². The number of aryl methyl sites for hydroxylation is 4. The van der Waals surface area contributed by atoms with Crippen LogP contribution in [0.1, 0.15) is 296 Å². The predicted octanol–water partition coefficient (Wildman–Crippen LogP) is 14.7. The van der Waals surface area contributed by atoms with E-state index in [-0.39, 0.29) is 158 Å². The number of thiophene rings is 1. The van der Waals surface area contributed by atoms with Crippen molar-refractivity contribution in [1.82, 2.24) is 57.5 Å². The van der Waals surface area contributed by atoms with Crippen molar-refractivity contribution in [3.8, 4) is 5.00 Å². The molecule has 9 rings (SSSR count). The minimum atomic E-state index is -0.497. The second-order valence-corrected chi connectivity index (χ2v) is 34.6. The molecule has 672 valence electrons. The van der Waals surface area contributed by atoms with E-state index >= 15 is 0 Å². The van der Waals surface area contributed by atoms with Gasteiger partial charge in [0.2, 0.25) is 11.6 Å². The molecule has 1 atom stereocenters. The fraction of sp³-hybridized carbons (Fsp3) is 0.570. The van der Waals surface area contributed by atoms with Gasteiger partial charge < -0.3 is 56.2 Å². The minimum absolute atomic E-state index is 0.000153. The fourth-order valence-electron chi connectivity index (χ4n) is 15.0. The number of ketones is 10. The number of Topliss-reactive ketones (excluding diaryl/α,β-unsaturated/α-hetero) is 10. The first kappa shape index (κ1) is 98.4. The summed E-state index contributed by atoms with van der Waals surface area (Å²) < 4.78 is 44.6. The number of fused-ring (bicyclic) bond motifs is 3. The maximum Gasteiger partial charge on any atom is 0.202 e. The number of hydrogen-bond donors (Lipinski definition) is 0. The van der Waals surface area contributed by atoms with Crippen LogP contribution in [0.3, 0.4) is 0 Å². The van der Waals surface area contributed by atoms with E-state index in [1.54, 1.807) is 93.0 Å². The van der Waals surface area contributed by atoms with Crippen LogP contribution in [0.15, 0.2) is 78.6 Å². The van der Waals surface area contributed by atoms with Crippen molar-refractivity contribution in [2.24, 2.45) is 19.1 Å². The Balaban J connectivity index is 0.531. The smallest absolute Gasteiger partial charge is 0.202 e. The standard InChI is InChI=1S/C93H126ClN13O16S/c1-62(2)104-38-35-95-90(104)85(116)53-68-51-80(102(11)58-68)82(113)27-19-25-77(111)56-73-61-106(64(5)6)92(97-73)86(117)54-69-52-81(103(12)59-69)83(114)28-18-24-76(110)55-72-60-105(63(3)4)91(96-72)84(115)29-17-23-74(108)21-13-15-36-101(10)37-16-14-22-75(109)34-40-119-42-44-121-46-48-123-50-49-122-47-45-120-43-41-118-39-20-26-78(112)57-79-89-100-99-67(9)107(89)93-87(65(7)66(8)124-93)88(98-79)70-30-32-71(94)33-31-70/h30-33,35,38,51-52,58-64,79H,13-29,34,36-37,39-50,53-57H2,1-12H3/t79-/m0/s1. The second-order valence-electron chi connectivity index (χ2n) is 33.0. The van der Waals surface area contributed by atoms with Gasteiger partial charge in [-0.2, -0.15) is 0 Å². The van der Waals surface area contributed by atoms with E-state index < -0.39 is 6.04 Å². The molecule has 0 saturated heterocycles. The molecule has 1 aliphatic rings. The second kappa shape index (κ2) is 50.1. The summed E-state index contributed by atoms with van der Waals surface area (Å²) in [4.78, 5) is 155. The first-order valence-electron chi connectivity index (χ1n) is 43.8. The van der Waals surface area contributed by atoms with Crippen LogP contribution in [0.2, 0.25) is 5.02 Å². The number of aliphatic imine (C=N–C) groups is 1. The zero-order valence-electron chi connectivity index (χ0n) is 74.5. The van der Waals surface area contributed by atoms with Gasteiger partial charge in [-0.25, -0.2) is 15.0 Å². The third kappa shape index (κ3) is 30.2. The van der Waals surface area contributed by atoms with Gasteiger partial charge in [-0.3, -0.25) is 57.5 Å². The molecular weight excluding hydrogens is 1620 g/mol. The number of benzene rings is 1. The molecule has 0 bridgehead atoms. The van der Waals surface area contributed by atoms with Gasteiger partial charge in [-0.15, -0.1) is 21.5 Å². The summed E-state index contributed by atoms with van der Waals surface area (Å²) in [5, 5.41) is 10.6. The Labute approximate surface area is 737 Å². The number of ether oxygens (including phenoxy) is 6. The average molecular weight is 1750 g/mol. The molecular formula is C93H126ClN13O16S. The van der Waals surface area contributed by atoms with Gasteiger partial charge in [0.15, 0.2) is 40.6 Å². The van der Waals surface area contributed by atoms with Gasteiger partial charge >= 0.3 is 0 Å². The number of carbonyl (C=O) groups excluding carboxylic acids is 10. The van der Waals surface area contributed by atoms with Crippen LogP contribution < -0.4 is 0 Å². The quantitative estimate of drug-likeness (QED) is 0.0252. The molecule has 1 aromatic carbocycles. The lowest BCUT2D eigenvalue weighted by Crippen LogP contribution is -2.21. The Kier molecular flexibility index (Phi) is 39.8. The van der Waals surface area contributed by atoms with Crippen LogP contribution >= 0.6 is 22.9 Å². The summed E-state index contributed by atoms with van der Waals surface area (Å²) >= 11 is 7.93. The number of rotatable bonds is 63. The molecule has 8 aromatic rings. The number of carbonyl (C=O) groups is 10. The maximum atomic E-state index is 13.9. The summed E-state index contributed by atoms with van der Waals surface area (Å²) in [6.07, 6.45) is 18.0. The fourth-order valence-corrected chi connectivity index (χ4v) is 16.4. The van der Waals surface area contributed by atoms with E-state index in [0.29, 0.717) is 181 Å². The van der Waals surface area contributed by atoms with Gasteiger partial charge in [-0.05, 0) is 175 Å². The summed E-state index contributed by atoms with van der Waals surface area (Å²) in [5.74, 6) is 1.42. The van der Waals surface area contributed by atoms with E-state index in [9.17, 15) is 47.9 Å². The molecule has 7 aromatic heterocycles. The topological polar surface area (TPSA) is 336 Å². The Hall–Kier alpha value is -9.37. The Morgan fingerprint density at radius 2 is 0.911 bits per heavy atom. The number of halogens is 1. The van der Waals surface area contributed by atoms with Gasteiger partial charge in [0, 0.05) is 181 Å². The summed E-state index contributed by atoms with van der Waals surface area (Å²) in [7, 11) is 5.53. The lowest BCUT2D eigenvalue weighted by atomic mass is 9.99. The van der Waals surface area contributed by atoms with Crippen molar-refractivity contribution in [2.45, 2.75) is 234 Å². The lowest BCUT2D eigenvalue weighted by molar-refractivity contribution is -0.121. The van der Waals surface area contributed by atoms with Crippen molar-refractivity contribution in [3.63, 3.8) is 0 Å². The zero-order valence-corrected chi connectivity index (χ0v) is 76.1. The first-order chi connectivity index (χ1) is 59.5. The van der Waals surface area contributed by atoms with Crippen molar-refractivity contribution in [2.75, 3.05) is 99.4 Å². The molecule has 0 amide bonds. The molecule has 0 unspecified atom stereocenters. The molecule has 8 heterocycles. The van der Waals surface area contributed by atoms with E-state index in [1.165, 1.54) is 4.88 Å². The minimum Gasteiger partial charge on any atom is -0.379 e. The van der Waals surface area contributed by atoms with Crippen LogP contribution in [0.5, 0.6) is 0 Å². The van der Waals surface area contributed by atoms with E-state index in [4.69, 9.17) is 45.0 Å². The Morgan fingerprint density at radius 1 is 0.468 bits per heavy atom. The maximum absolute atomic E-state index is 13.9. The largest absolute Gasteiger partial charge is 0.379 e. The summed E-state index contributed by atoms with van der Waals surface area (Å²) in [6.45, 7) is 24.4. The number of hydrogen-bond acceptors (Lipinski definition) is 24. The molecule has 0 saturated carbocycles. The molecule has 1 aliphatic heterocycles. The Bertz CT molecular complexity index is 4930. The molecule has 0 aliphatic carbocycles. The lowest BCUT2D eigenvalue weighted by Gasteiger charge is -2.16. The molecule has 0 N–H and O–H groups in total. The summed E-state index contributed by atoms with van der Waals surface area (Å²) in [6, 6.07) is 10.4. The normalized spacial score (nSPS) is 12.8. The van der Waals surface area contributed by atoms with E-state index in [1.807, 2.05) is 84.3 Å². The highest BCUT2D eigenvalue weighted by atomic mass is 35.5. The van der Waals surface area contributed by atoms with Crippen LogP contribution in [-0.2, 0) is 92.2 Å². The van der Waals surface area contributed by atoms with Gasteiger partial charge in [-0.1, -0.05) is 23.7 Å². The first-order valence-corrected chi connectivity index (χ1v) is 45.0. The predicted molar refractivity (Wildman–Crippen MR) is 474 cm³/mol. The van der Waals surface area contributed by atoms with Crippen LogP contribution in [0.4, 0.5) is 0 Å². The number of unbranched alkanes of at least 4 members (excludes halogenated alkanes) is 2. The van der Waals surface area contributed by atoms with Crippen molar-refractivity contribution >= 4 is 86.5 Å². The summed E-state index contributed by atoms with van der Waals surface area (Å²) in [5.41, 5.74) is 7.00. The highest BCUT2D eigenvalue weighted by molar-refractivity contribution is 7.15. The number of imidazole rings is 3. The van der Waals surface area contributed by atoms with E-state index in [2.05, 4.69) is 48.5 Å². The van der Waals surface area contributed by atoms with E-state index in [0.717, 1.165) is 72.0 Å². The van der Waals surface area contributed by atoms with Crippen LogP contribution in [0, 0.1) is 20.8 Å². The van der Waals surface area contributed by atoms with Crippen LogP contribution in [-0.4, -0.2) is 220 Å². The molecule has 0 fully saturated rings. The van der Waals surface area contributed by atoms with Crippen LogP contribution in [0.25, 0.3) is 5.00 Å². The number of aromatic nitrogens is 11. The van der Waals surface area contributed by atoms with Crippen molar-refractivity contribution in [1.29, 1.82) is 0 Å². The van der Waals surface area contributed by atoms with Crippen molar-refractivity contribution in [3.05, 3.63) is 163 Å². The van der Waals surface area contributed by atoms with Gasteiger partial charge in [0.05, 0.1) is 114 Å². The zero-order chi connectivity index (χ0) is 89.4. The van der Waals surface area contributed by atoms with Gasteiger partial charge in [0.25, 0.3) is 0 Å². The monoisotopic (exact) mass is 1750 g/mol. The highest BCUT2D eigenvalue weighted by Crippen LogP contribution is 2.40.